The quantitative estimate of drug-likeness (QED) is 0.0846. The molecule has 0 spiro atoms. The molecule has 0 aliphatic carbocycles. The lowest BCUT2D eigenvalue weighted by Crippen LogP contribution is -2.30. The summed E-state index contributed by atoms with van der Waals surface area (Å²) in [6, 6.07) is 38.5. The Morgan fingerprint density at radius 1 is 0.816 bits per heavy atom. The number of amides is 3. The molecule has 0 aromatic heterocycles. The number of nitrogens with one attached hydrogen (secondary N) is 3. The molecule has 3 amide bonds. The zero-order valence-corrected chi connectivity index (χ0v) is 28.7. The van der Waals surface area contributed by atoms with Gasteiger partial charge in [-0.15, -0.1) is 11.8 Å². The van der Waals surface area contributed by atoms with Gasteiger partial charge in [0.15, 0.2) is 0 Å². The largest absolute Gasteiger partial charge is 0.489 e. The lowest BCUT2D eigenvalue weighted by Gasteiger charge is -2.17. The molecule has 0 fully saturated rings. The average Bonchev–Trinajstić information content (AvgIpc) is 3.12. The summed E-state index contributed by atoms with van der Waals surface area (Å²) < 4.78 is 5.90. The van der Waals surface area contributed by atoms with E-state index in [2.05, 4.69) is 16.0 Å². The van der Waals surface area contributed by atoms with Crippen molar-refractivity contribution < 1.29 is 19.1 Å². The van der Waals surface area contributed by atoms with Crippen LogP contribution in [0.4, 0.5) is 11.4 Å². The second-order valence-corrected chi connectivity index (χ2v) is 12.9. The van der Waals surface area contributed by atoms with Crippen molar-refractivity contribution in [2.24, 2.45) is 0 Å². The zero-order chi connectivity index (χ0) is 34.6. The molecule has 5 aromatic rings. The topological polar surface area (TPSA) is 96.5 Å². The van der Waals surface area contributed by atoms with Crippen LogP contribution in [0.15, 0.2) is 138 Å². The number of benzene rings is 5. The maximum Gasteiger partial charge on any atom is 0.272 e. The van der Waals surface area contributed by atoms with Crippen LogP contribution in [0.3, 0.4) is 0 Å². The van der Waals surface area contributed by atoms with Gasteiger partial charge in [0.25, 0.3) is 11.8 Å². The molecule has 0 aliphatic rings. The molecule has 248 valence electrons. The van der Waals surface area contributed by atoms with Crippen molar-refractivity contribution in [1.82, 2.24) is 5.32 Å². The number of anilines is 2. The van der Waals surface area contributed by atoms with Gasteiger partial charge in [-0.2, -0.15) is 0 Å². The molecule has 9 heteroatoms. The minimum atomic E-state index is -0.503. The number of halogens is 1. The van der Waals surface area contributed by atoms with Crippen LogP contribution in [-0.2, 0) is 16.2 Å². The van der Waals surface area contributed by atoms with Crippen LogP contribution < -0.4 is 20.7 Å². The molecule has 7 nitrogen and oxygen atoms in total. The number of hydrogen-bond acceptors (Lipinski definition) is 5. The van der Waals surface area contributed by atoms with Gasteiger partial charge in [0.1, 0.15) is 18.1 Å². The van der Waals surface area contributed by atoms with Crippen LogP contribution in [-0.4, -0.2) is 23.0 Å². The van der Waals surface area contributed by atoms with Gasteiger partial charge in [-0.3, -0.25) is 14.4 Å². The first-order chi connectivity index (χ1) is 23.8. The van der Waals surface area contributed by atoms with Crippen molar-refractivity contribution in [1.29, 1.82) is 0 Å². The normalized spacial score (nSPS) is 11.7. The van der Waals surface area contributed by atoms with E-state index in [4.69, 9.17) is 16.3 Å². The molecule has 0 saturated heterocycles. The Balaban J connectivity index is 1.30. The number of carbonyl (C=O) groups excluding carboxylic acids is 3. The molecule has 1 atom stereocenters. The van der Waals surface area contributed by atoms with Crippen molar-refractivity contribution >= 4 is 58.5 Å². The predicted octanol–water partition coefficient (Wildman–Crippen LogP) is 9.15. The van der Waals surface area contributed by atoms with E-state index in [1.807, 2.05) is 92.7 Å². The number of aryl methyl sites for hydroxylation is 1. The maximum absolute atomic E-state index is 13.7. The van der Waals surface area contributed by atoms with Gasteiger partial charge in [-0.25, -0.2) is 0 Å². The van der Waals surface area contributed by atoms with Crippen molar-refractivity contribution in [3.8, 4) is 5.75 Å². The number of thioether (sulfide) groups is 1. The van der Waals surface area contributed by atoms with Crippen molar-refractivity contribution in [2.45, 2.75) is 37.0 Å². The second kappa shape index (κ2) is 17.2. The molecule has 5 rings (SSSR count). The third-order valence-corrected chi connectivity index (χ3v) is 9.05. The lowest BCUT2D eigenvalue weighted by atomic mass is 10.1. The average molecular weight is 690 g/mol. The summed E-state index contributed by atoms with van der Waals surface area (Å²) in [6.45, 7) is 4.29. The van der Waals surface area contributed by atoms with Crippen molar-refractivity contribution in [3.05, 3.63) is 160 Å². The Bertz CT molecular complexity index is 1930. The highest BCUT2D eigenvalue weighted by atomic mass is 35.5. The molecular formula is C40H36ClN3O4S. The minimum Gasteiger partial charge on any atom is -0.489 e. The lowest BCUT2D eigenvalue weighted by molar-refractivity contribution is -0.116. The van der Waals surface area contributed by atoms with Gasteiger partial charge in [-0.05, 0) is 90.7 Å². The Labute approximate surface area is 295 Å². The predicted molar refractivity (Wildman–Crippen MR) is 199 cm³/mol. The molecular weight excluding hydrogens is 654 g/mol. The number of carbonyl (C=O) groups is 3. The van der Waals surface area contributed by atoms with E-state index < -0.39 is 11.8 Å². The third kappa shape index (κ3) is 10.3. The summed E-state index contributed by atoms with van der Waals surface area (Å²) in [5, 5.41) is 8.83. The summed E-state index contributed by atoms with van der Waals surface area (Å²) in [7, 11) is 0. The van der Waals surface area contributed by atoms with Crippen molar-refractivity contribution in [2.75, 3.05) is 10.6 Å². The Hall–Kier alpha value is -5.31. The Kier molecular flexibility index (Phi) is 12.3. The number of rotatable bonds is 13. The number of ether oxygens (including phenoxy) is 1. The van der Waals surface area contributed by atoms with Gasteiger partial charge in [0.05, 0.1) is 5.25 Å². The summed E-state index contributed by atoms with van der Waals surface area (Å²) in [5.41, 5.74) is 4.33. The van der Waals surface area contributed by atoms with Crippen LogP contribution in [0.2, 0.25) is 5.02 Å². The fourth-order valence-electron chi connectivity index (χ4n) is 4.78. The Morgan fingerprint density at radius 3 is 2.24 bits per heavy atom. The van der Waals surface area contributed by atoms with Crippen LogP contribution in [0.5, 0.6) is 5.75 Å². The third-order valence-electron chi connectivity index (χ3n) is 7.46. The monoisotopic (exact) mass is 689 g/mol. The van der Waals surface area contributed by atoms with Gasteiger partial charge in [0, 0.05) is 26.9 Å². The molecule has 3 N–H and O–H groups in total. The molecule has 0 aliphatic heterocycles. The highest BCUT2D eigenvalue weighted by Gasteiger charge is 2.20. The van der Waals surface area contributed by atoms with E-state index in [1.165, 1.54) is 11.8 Å². The van der Waals surface area contributed by atoms with Crippen LogP contribution >= 0.6 is 23.4 Å². The first kappa shape index (κ1) is 35.0. The number of hydrogen-bond donors (Lipinski definition) is 3. The highest BCUT2D eigenvalue weighted by Crippen LogP contribution is 2.30. The van der Waals surface area contributed by atoms with Crippen LogP contribution in [0.1, 0.15) is 40.4 Å². The molecule has 0 radical (unpaired) electrons. The van der Waals surface area contributed by atoms with Crippen LogP contribution in [0.25, 0.3) is 6.08 Å². The summed E-state index contributed by atoms with van der Waals surface area (Å²) in [6.07, 6.45) is 2.20. The van der Waals surface area contributed by atoms with E-state index in [0.717, 1.165) is 16.0 Å². The minimum absolute atomic E-state index is 0.0626. The summed E-state index contributed by atoms with van der Waals surface area (Å²) in [5.74, 6) is -0.382. The van der Waals surface area contributed by atoms with Crippen molar-refractivity contribution in [3.63, 3.8) is 0 Å². The first-order valence-electron chi connectivity index (χ1n) is 15.8. The first-order valence-corrected chi connectivity index (χ1v) is 17.0. The standard InChI is InChI=1S/C40H36ClN3O4S/c1-3-37(40(47)43-35-24-31(41)20-17-27(35)2)49-34-16-10-15-32(25-34)42-39(46)36(44-38(45)30-13-8-5-9-14-30)23-28-18-21-33(22-19-28)48-26-29-11-6-4-7-12-29/h4-25,37H,3,26H2,1-2H3,(H,42,46)(H,43,47)(H,44,45)/b36-23+. The second-order valence-electron chi connectivity index (χ2n) is 11.2. The van der Waals surface area contributed by atoms with Crippen LogP contribution in [0, 0.1) is 6.92 Å². The van der Waals surface area contributed by atoms with Gasteiger partial charge >= 0.3 is 0 Å². The van der Waals surface area contributed by atoms with Gasteiger partial charge < -0.3 is 20.7 Å². The summed E-state index contributed by atoms with van der Waals surface area (Å²) in [4.78, 5) is 40.8. The van der Waals surface area contributed by atoms with E-state index >= 15 is 0 Å². The molecule has 5 aromatic carbocycles. The molecule has 0 heterocycles. The van der Waals surface area contributed by atoms with E-state index in [0.29, 0.717) is 46.3 Å². The smallest absolute Gasteiger partial charge is 0.272 e. The van der Waals surface area contributed by atoms with Gasteiger partial charge in [-0.1, -0.05) is 91.3 Å². The fourth-order valence-corrected chi connectivity index (χ4v) is 5.97. The Morgan fingerprint density at radius 2 is 1.53 bits per heavy atom. The van der Waals surface area contributed by atoms with E-state index in [-0.39, 0.29) is 16.9 Å². The molecule has 0 saturated carbocycles. The zero-order valence-electron chi connectivity index (χ0n) is 27.1. The van der Waals surface area contributed by atoms with Gasteiger partial charge in [0.2, 0.25) is 5.91 Å². The van der Waals surface area contributed by atoms with E-state index in [9.17, 15) is 14.4 Å². The fraction of sp³-hybridized carbons (Fsp3) is 0.125. The molecule has 0 bridgehead atoms. The molecule has 1 unspecified atom stereocenters. The van der Waals surface area contributed by atoms with E-state index in [1.54, 1.807) is 54.6 Å². The maximum atomic E-state index is 13.7. The summed E-state index contributed by atoms with van der Waals surface area (Å²) >= 11 is 7.54. The SMILES string of the molecule is CCC(Sc1cccc(NC(=O)/C(=C\c2ccc(OCc3ccccc3)cc2)NC(=O)c2ccccc2)c1)C(=O)Nc1cc(Cl)ccc1C. The molecule has 49 heavy (non-hydrogen) atoms. The highest BCUT2D eigenvalue weighted by molar-refractivity contribution is 8.00.